The number of benzene rings is 3. The predicted molar refractivity (Wildman–Crippen MR) is 106 cm³/mol. The van der Waals surface area contributed by atoms with Crippen LogP contribution in [0.1, 0.15) is 26.3 Å². The topological polar surface area (TPSA) is 38.7 Å². The second-order valence-electron chi connectivity index (χ2n) is 6.78. The molecule has 0 aliphatic rings. The molecule has 3 nitrogen and oxygen atoms in total. The molecule has 1 atom stereocenters. The molecule has 25 heavy (non-hydrogen) atoms. The molecule has 0 aliphatic heterocycles. The summed E-state index contributed by atoms with van der Waals surface area (Å²) in [7, 11) is -1.25. The lowest BCUT2D eigenvalue weighted by atomic mass is 10.1. The molecule has 0 saturated heterocycles. The molecule has 3 rings (SSSR count). The third kappa shape index (κ3) is 4.54. The van der Waals surface area contributed by atoms with Gasteiger partial charge in [-0.2, -0.15) is 4.40 Å². The summed E-state index contributed by atoms with van der Waals surface area (Å²) in [5.74, 6) is 1.55. The van der Waals surface area contributed by atoms with E-state index in [9.17, 15) is 4.21 Å². The summed E-state index contributed by atoms with van der Waals surface area (Å²) in [4.78, 5) is 0. The van der Waals surface area contributed by atoms with Gasteiger partial charge >= 0.3 is 0 Å². The highest BCUT2D eigenvalue weighted by molar-refractivity contribution is 7.85. The van der Waals surface area contributed by atoms with Crippen LogP contribution in [0.2, 0.25) is 0 Å². The minimum absolute atomic E-state index is 0.352. The lowest BCUT2D eigenvalue weighted by Gasteiger charge is -2.12. The van der Waals surface area contributed by atoms with Crippen molar-refractivity contribution in [2.75, 3.05) is 0 Å². The summed E-state index contributed by atoms with van der Waals surface area (Å²) in [6.45, 7) is 5.71. The lowest BCUT2D eigenvalue weighted by Crippen LogP contribution is -2.19. The summed E-state index contributed by atoms with van der Waals surface area (Å²) in [6.07, 6.45) is 1.64. The maximum atomic E-state index is 11.9. The quantitative estimate of drug-likeness (QED) is 0.581. The second-order valence-corrected chi connectivity index (χ2v) is 8.71. The normalized spacial score (nSPS) is 13.2. The van der Waals surface area contributed by atoms with Crippen molar-refractivity contribution in [1.82, 2.24) is 0 Å². The average molecular weight is 351 g/mol. The fourth-order valence-corrected chi connectivity index (χ4v) is 2.79. The molecule has 0 fully saturated rings. The van der Waals surface area contributed by atoms with E-state index in [2.05, 4.69) is 16.5 Å². The third-order valence-electron chi connectivity index (χ3n) is 3.66. The van der Waals surface area contributed by atoms with E-state index in [-0.39, 0.29) is 4.75 Å². The van der Waals surface area contributed by atoms with Crippen LogP contribution in [0.5, 0.6) is 11.5 Å². The minimum Gasteiger partial charge on any atom is -0.457 e. The van der Waals surface area contributed by atoms with Crippen LogP contribution >= 0.6 is 0 Å². The van der Waals surface area contributed by atoms with E-state index in [1.54, 1.807) is 6.21 Å². The van der Waals surface area contributed by atoms with Gasteiger partial charge in [0, 0.05) is 6.21 Å². The first-order valence-corrected chi connectivity index (χ1v) is 9.25. The van der Waals surface area contributed by atoms with Gasteiger partial charge in [0.25, 0.3) is 0 Å². The van der Waals surface area contributed by atoms with Gasteiger partial charge in [0.2, 0.25) is 0 Å². The van der Waals surface area contributed by atoms with Crippen molar-refractivity contribution in [2.45, 2.75) is 25.5 Å². The molecule has 0 bridgehead atoms. The number of hydrogen-bond donors (Lipinski definition) is 0. The van der Waals surface area contributed by atoms with Gasteiger partial charge in [-0.15, -0.1) is 0 Å². The van der Waals surface area contributed by atoms with Crippen LogP contribution in [0.4, 0.5) is 0 Å². The smallest absolute Gasteiger partial charge is 0.144 e. The number of fused-ring (bicyclic) bond motifs is 1. The Morgan fingerprint density at radius 3 is 2.20 bits per heavy atom. The van der Waals surface area contributed by atoms with Crippen LogP contribution in [0.3, 0.4) is 0 Å². The largest absolute Gasteiger partial charge is 0.457 e. The fourth-order valence-electron chi connectivity index (χ4n) is 2.26. The molecule has 0 amide bonds. The van der Waals surface area contributed by atoms with Gasteiger partial charge in [-0.05, 0) is 73.5 Å². The summed E-state index contributed by atoms with van der Waals surface area (Å²) in [6, 6.07) is 21.8. The Morgan fingerprint density at radius 2 is 1.52 bits per heavy atom. The molecule has 3 aromatic rings. The second kappa shape index (κ2) is 7.19. The molecule has 0 N–H and O–H groups in total. The summed E-state index contributed by atoms with van der Waals surface area (Å²) in [5, 5.41) is 2.33. The molecule has 0 radical (unpaired) electrons. The van der Waals surface area contributed by atoms with Gasteiger partial charge in [0.1, 0.15) is 22.5 Å². The number of nitrogens with zero attached hydrogens (tertiary/aromatic N) is 1. The zero-order valence-corrected chi connectivity index (χ0v) is 15.4. The van der Waals surface area contributed by atoms with Crippen molar-refractivity contribution in [3.05, 3.63) is 72.3 Å². The third-order valence-corrected chi connectivity index (χ3v) is 5.00. The van der Waals surface area contributed by atoms with E-state index in [1.165, 1.54) is 5.39 Å². The van der Waals surface area contributed by atoms with Crippen molar-refractivity contribution >= 4 is 28.0 Å². The Balaban J connectivity index is 1.71. The first-order valence-electron chi connectivity index (χ1n) is 8.15. The average Bonchev–Trinajstić information content (AvgIpc) is 2.60. The Kier molecular flexibility index (Phi) is 5.00. The standard InChI is InChI=1S/C21H21NO2S/c1-21(2,3)25(23)22-15-16-8-11-19(12-9-16)24-20-13-10-17-6-4-5-7-18(17)14-20/h4-15H,1-3H3/b22-15+. The van der Waals surface area contributed by atoms with Crippen molar-refractivity contribution in [1.29, 1.82) is 0 Å². The molecule has 128 valence electrons. The summed E-state index contributed by atoms with van der Waals surface area (Å²) < 4.78 is 21.6. The Morgan fingerprint density at radius 1 is 0.880 bits per heavy atom. The minimum atomic E-state index is -1.25. The zero-order valence-electron chi connectivity index (χ0n) is 14.6. The van der Waals surface area contributed by atoms with E-state index < -0.39 is 11.0 Å². The van der Waals surface area contributed by atoms with Gasteiger partial charge in [0.05, 0.1) is 4.75 Å². The Hall–Kier alpha value is -2.46. The number of rotatable bonds is 4. The molecule has 3 aromatic carbocycles. The molecule has 0 heterocycles. The van der Waals surface area contributed by atoms with Crippen molar-refractivity contribution in [2.24, 2.45) is 4.40 Å². The molecular weight excluding hydrogens is 330 g/mol. The maximum Gasteiger partial charge on any atom is 0.144 e. The number of hydrogen-bond acceptors (Lipinski definition) is 2. The van der Waals surface area contributed by atoms with Gasteiger partial charge in [-0.1, -0.05) is 30.3 Å². The predicted octanol–water partition coefficient (Wildman–Crippen LogP) is 5.51. The van der Waals surface area contributed by atoms with E-state index in [0.717, 1.165) is 22.4 Å². The Bertz CT molecular complexity index is 925. The van der Waals surface area contributed by atoms with Gasteiger partial charge in [0.15, 0.2) is 0 Å². The van der Waals surface area contributed by atoms with Crippen LogP contribution < -0.4 is 4.74 Å². The van der Waals surface area contributed by atoms with E-state index >= 15 is 0 Å². The molecule has 0 saturated carbocycles. The summed E-state index contributed by atoms with van der Waals surface area (Å²) in [5.41, 5.74) is 0.892. The van der Waals surface area contributed by atoms with Gasteiger partial charge in [-0.25, -0.2) is 4.21 Å². The molecule has 1 unspecified atom stereocenters. The van der Waals surface area contributed by atoms with Crippen molar-refractivity contribution < 1.29 is 8.95 Å². The summed E-state index contributed by atoms with van der Waals surface area (Å²) >= 11 is 0. The molecule has 4 heteroatoms. The molecule has 0 aliphatic carbocycles. The first-order chi connectivity index (χ1) is 11.9. The van der Waals surface area contributed by atoms with Crippen LogP contribution in [-0.4, -0.2) is 15.2 Å². The maximum absolute atomic E-state index is 11.9. The highest BCUT2D eigenvalue weighted by Gasteiger charge is 2.18. The highest BCUT2D eigenvalue weighted by atomic mass is 32.2. The molecule has 0 aromatic heterocycles. The van der Waals surface area contributed by atoms with E-state index in [4.69, 9.17) is 4.74 Å². The highest BCUT2D eigenvalue weighted by Crippen LogP contribution is 2.25. The monoisotopic (exact) mass is 351 g/mol. The van der Waals surface area contributed by atoms with Gasteiger partial charge in [-0.3, -0.25) is 0 Å². The first kappa shape index (κ1) is 17.4. The van der Waals surface area contributed by atoms with Crippen LogP contribution in [0, 0.1) is 0 Å². The SMILES string of the molecule is CC(C)(C)S(=O)/N=C/c1ccc(Oc2ccc3ccccc3c2)cc1. The lowest BCUT2D eigenvalue weighted by molar-refractivity contribution is 0.483. The van der Waals surface area contributed by atoms with E-state index in [1.807, 2.05) is 75.4 Å². The van der Waals surface area contributed by atoms with Crippen LogP contribution in [-0.2, 0) is 11.0 Å². The zero-order chi connectivity index (χ0) is 17.9. The number of ether oxygens (including phenoxy) is 1. The fraction of sp³-hybridized carbons (Fsp3) is 0.190. The van der Waals surface area contributed by atoms with Crippen molar-refractivity contribution in [3.8, 4) is 11.5 Å². The van der Waals surface area contributed by atoms with Crippen LogP contribution in [0.15, 0.2) is 71.1 Å². The van der Waals surface area contributed by atoms with E-state index in [0.29, 0.717) is 0 Å². The van der Waals surface area contributed by atoms with Gasteiger partial charge < -0.3 is 4.74 Å². The Labute approximate surface area is 151 Å². The van der Waals surface area contributed by atoms with Crippen molar-refractivity contribution in [3.63, 3.8) is 0 Å². The van der Waals surface area contributed by atoms with Crippen LogP contribution in [0.25, 0.3) is 10.8 Å². The molecular formula is C21H21NO2S. The molecule has 0 spiro atoms.